The number of thiophene rings is 1. The van der Waals surface area contributed by atoms with Crippen LogP contribution in [0.5, 0.6) is 5.75 Å². The van der Waals surface area contributed by atoms with E-state index in [2.05, 4.69) is 5.32 Å². The van der Waals surface area contributed by atoms with Gasteiger partial charge >= 0.3 is 0 Å². The lowest BCUT2D eigenvalue weighted by Gasteiger charge is -2.04. The number of hydrogen-bond donors (Lipinski definition) is 1. The SMILES string of the molecule is O=C(Nc1ccc(F)c(F)c1)c1cc(COc2ccc(F)cc2)cs1. The first-order valence-corrected chi connectivity index (χ1v) is 8.11. The molecule has 2 aromatic carbocycles. The van der Waals surface area contributed by atoms with Crippen LogP contribution < -0.4 is 10.1 Å². The first-order chi connectivity index (χ1) is 12.0. The fourth-order valence-corrected chi connectivity index (χ4v) is 2.83. The fraction of sp³-hybridized carbons (Fsp3) is 0.0556. The standard InChI is InChI=1S/C18H12F3NO2S/c19-12-1-4-14(5-2-12)24-9-11-7-17(25-10-11)18(23)22-13-3-6-15(20)16(21)8-13/h1-8,10H,9H2,(H,22,23). The van der Waals surface area contributed by atoms with Crippen molar-refractivity contribution >= 4 is 22.9 Å². The summed E-state index contributed by atoms with van der Waals surface area (Å²) in [5, 5.41) is 4.26. The Morgan fingerprint density at radius 1 is 1.00 bits per heavy atom. The molecule has 1 aromatic heterocycles. The Morgan fingerprint density at radius 2 is 1.76 bits per heavy atom. The largest absolute Gasteiger partial charge is 0.489 e. The number of nitrogens with one attached hydrogen (secondary N) is 1. The summed E-state index contributed by atoms with van der Waals surface area (Å²) in [7, 11) is 0. The van der Waals surface area contributed by atoms with Gasteiger partial charge in [-0.25, -0.2) is 13.2 Å². The van der Waals surface area contributed by atoms with Gasteiger partial charge in [-0.3, -0.25) is 4.79 Å². The average molecular weight is 363 g/mol. The number of carbonyl (C=O) groups is 1. The van der Waals surface area contributed by atoms with Crippen molar-refractivity contribution in [3.63, 3.8) is 0 Å². The summed E-state index contributed by atoms with van der Waals surface area (Å²) in [6.07, 6.45) is 0. The second-order valence-corrected chi connectivity index (χ2v) is 6.06. The Balaban J connectivity index is 1.61. The van der Waals surface area contributed by atoms with E-state index in [1.54, 1.807) is 11.4 Å². The van der Waals surface area contributed by atoms with Crippen molar-refractivity contribution in [3.05, 3.63) is 81.8 Å². The molecule has 25 heavy (non-hydrogen) atoms. The molecular formula is C18H12F3NO2S. The fourth-order valence-electron chi connectivity index (χ4n) is 2.03. The van der Waals surface area contributed by atoms with E-state index in [-0.39, 0.29) is 18.1 Å². The van der Waals surface area contributed by atoms with Crippen molar-refractivity contribution in [2.45, 2.75) is 6.61 Å². The Bertz CT molecular complexity index is 894. The van der Waals surface area contributed by atoms with Gasteiger partial charge in [0.1, 0.15) is 18.2 Å². The molecule has 0 aliphatic carbocycles. The monoisotopic (exact) mass is 363 g/mol. The van der Waals surface area contributed by atoms with Gasteiger partial charge in [0.25, 0.3) is 5.91 Å². The lowest BCUT2D eigenvalue weighted by molar-refractivity contribution is 0.103. The minimum Gasteiger partial charge on any atom is -0.489 e. The molecule has 0 spiro atoms. The molecule has 0 saturated carbocycles. The number of carbonyl (C=O) groups excluding carboxylic acids is 1. The third kappa shape index (κ3) is 4.39. The van der Waals surface area contributed by atoms with Crippen molar-refractivity contribution in [2.24, 2.45) is 0 Å². The van der Waals surface area contributed by atoms with E-state index in [1.165, 1.54) is 41.7 Å². The predicted octanol–water partition coefficient (Wildman–Crippen LogP) is 5.00. The summed E-state index contributed by atoms with van der Waals surface area (Å²) in [5.41, 5.74) is 0.936. The highest BCUT2D eigenvalue weighted by atomic mass is 32.1. The Hall–Kier alpha value is -2.80. The highest BCUT2D eigenvalue weighted by Crippen LogP contribution is 2.20. The van der Waals surface area contributed by atoms with Crippen molar-refractivity contribution in [1.82, 2.24) is 0 Å². The van der Waals surface area contributed by atoms with Crippen LogP contribution in [-0.4, -0.2) is 5.91 Å². The number of anilines is 1. The van der Waals surface area contributed by atoms with E-state index in [0.717, 1.165) is 17.7 Å². The average Bonchev–Trinajstić information content (AvgIpc) is 3.07. The van der Waals surface area contributed by atoms with Crippen LogP contribution in [0.15, 0.2) is 53.9 Å². The molecular weight excluding hydrogens is 351 g/mol. The molecule has 0 aliphatic heterocycles. The Labute approximate surface area is 145 Å². The zero-order chi connectivity index (χ0) is 17.8. The first-order valence-electron chi connectivity index (χ1n) is 7.23. The van der Waals surface area contributed by atoms with Crippen LogP contribution in [0.3, 0.4) is 0 Å². The molecule has 0 bridgehead atoms. The van der Waals surface area contributed by atoms with Crippen molar-refractivity contribution < 1.29 is 22.7 Å². The summed E-state index contributed by atoms with van der Waals surface area (Å²) in [6.45, 7) is 0.223. The van der Waals surface area contributed by atoms with Gasteiger partial charge in [0.05, 0.1) is 4.88 Å². The van der Waals surface area contributed by atoms with Crippen LogP contribution >= 0.6 is 11.3 Å². The number of rotatable bonds is 5. The summed E-state index contributed by atoms with van der Waals surface area (Å²) < 4.78 is 44.4. The minimum absolute atomic E-state index is 0.168. The van der Waals surface area contributed by atoms with E-state index in [4.69, 9.17) is 4.74 Å². The van der Waals surface area contributed by atoms with Crippen molar-refractivity contribution in [1.29, 1.82) is 0 Å². The zero-order valence-electron chi connectivity index (χ0n) is 12.8. The van der Waals surface area contributed by atoms with Crippen molar-refractivity contribution in [2.75, 3.05) is 5.32 Å². The number of benzene rings is 2. The van der Waals surface area contributed by atoms with Gasteiger partial charge in [-0.2, -0.15) is 0 Å². The summed E-state index contributed by atoms with van der Waals surface area (Å²) >= 11 is 1.20. The van der Waals surface area contributed by atoms with Gasteiger partial charge < -0.3 is 10.1 Å². The number of hydrogen-bond acceptors (Lipinski definition) is 3. The molecule has 1 heterocycles. The predicted molar refractivity (Wildman–Crippen MR) is 89.4 cm³/mol. The number of amides is 1. The smallest absolute Gasteiger partial charge is 0.265 e. The number of halogens is 3. The maximum Gasteiger partial charge on any atom is 0.265 e. The molecule has 0 radical (unpaired) electrons. The molecule has 1 amide bonds. The zero-order valence-corrected chi connectivity index (χ0v) is 13.6. The minimum atomic E-state index is -1.03. The summed E-state index contributed by atoms with van der Waals surface area (Å²) in [6, 6.07) is 10.4. The van der Waals surface area contributed by atoms with E-state index >= 15 is 0 Å². The third-order valence-corrected chi connectivity index (χ3v) is 4.25. The molecule has 3 rings (SSSR count). The Kier molecular flexibility index (Phi) is 5.04. The highest BCUT2D eigenvalue weighted by molar-refractivity contribution is 7.12. The van der Waals surface area contributed by atoms with Crippen LogP contribution in [0.2, 0.25) is 0 Å². The molecule has 0 fully saturated rings. The lowest BCUT2D eigenvalue weighted by atomic mass is 10.2. The molecule has 0 unspecified atom stereocenters. The van der Waals surface area contributed by atoms with Gasteiger partial charge in [0.15, 0.2) is 11.6 Å². The molecule has 0 aliphatic rings. The molecule has 128 valence electrons. The molecule has 3 nitrogen and oxygen atoms in total. The van der Waals surface area contributed by atoms with Crippen LogP contribution in [0.25, 0.3) is 0 Å². The van der Waals surface area contributed by atoms with E-state index in [9.17, 15) is 18.0 Å². The molecule has 7 heteroatoms. The molecule has 1 N–H and O–H groups in total. The van der Waals surface area contributed by atoms with E-state index in [0.29, 0.717) is 10.6 Å². The second kappa shape index (κ2) is 7.40. The van der Waals surface area contributed by atoms with Gasteiger partial charge in [0.2, 0.25) is 0 Å². The van der Waals surface area contributed by atoms with Crippen LogP contribution in [0.4, 0.5) is 18.9 Å². The molecule has 0 atom stereocenters. The normalized spacial score (nSPS) is 10.5. The van der Waals surface area contributed by atoms with Gasteiger partial charge in [-0.1, -0.05) is 0 Å². The number of ether oxygens (including phenoxy) is 1. The van der Waals surface area contributed by atoms with E-state index < -0.39 is 17.5 Å². The van der Waals surface area contributed by atoms with E-state index in [1.807, 2.05) is 0 Å². The second-order valence-electron chi connectivity index (χ2n) is 5.14. The summed E-state index contributed by atoms with van der Waals surface area (Å²) in [5.74, 6) is -2.27. The van der Waals surface area contributed by atoms with Crippen LogP contribution in [0.1, 0.15) is 15.2 Å². The summed E-state index contributed by atoms with van der Waals surface area (Å²) in [4.78, 5) is 12.5. The lowest BCUT2D eigenvalue weighted by Crippen LogP contribution is -2.10. The van der Waals surface area contributed by atoms with Crippen LogP contribution in [-0.2, 0) is 6.61 Å². The quantitative estimate of drug-likeness (QED) is 0.693. The van der Waals surface area contributed by atoms with Gasteiger partial charge in [-0.05, 0) is 47.8 Å². The highest BCUT2D eigenvalue weighted by Gasteiger charge is 2.11. The third-order valence-electron chi connectivity index (χ3n) is 3.27. The van der Waals surface area contributed by atoms with Gasteiger partial charge in [0, 0.05) is 17.3 Å². The maximum absolute atomic E-state index is 13.2. The van der Waals surface area contributed by atoms with Gasteiger partial charge in [-0.15, -0.1) is 11.3 Å². The van der Waals surface area contributed by atoms with Crippen LogP contribution in [0, 0.1) is 17.5 Å². The molecule has 3 aromatic rings. The maximum atomic E-state index is 13.2. The topological polar surface area (TPSA) is 38.3 Å². The van der Waals surface area contributed by atoms with Crippen molar-refractivity contribution in [3.8, 4) is 5.75 Å². The molecule has 0 saturated heterocycles. The Morgan fingerprint density at radius 3 is 2.48 bits per heavy atom. The first kappa shape index (κ1) is 17.0.